The first kappa shape index (κ1) is 37.0. The van der Waals surface area contributed by atoms with Gasteiger partial charge in [0.1, 0.15) is 29.4 Å². The van der Waals surface area contributed by atoms with Crippen molar-refractivity contribution in [2.75, 3.05) is 38.9 Å². The van der Waals surface area contributed by atoms with E-state index in [9.17, 15) is 14.7 Å². The average Bonchev–Trinajstić information content (AvgIpc) is 3.85. The van der Waals surface area contributed by atoms with E-state index in [1.807, 2.05) is 60.7 Å². The number of carbonyl (C=O) groups excluding carboxylic acids is 4. The number of hydrogen-bond acceptors (Lipinski definition) is 9. The second kappa shape index (κ2) is 16.0. The Balaban J connectivity index is 1.35. The zero-order chi connectivity index (χ0) is 37.8. The van der Waals surface area contributed by atoms with Crippen molar-refractivity contribution in [1.82, 2.24) is 10.2 Å². The fourth-order valence-electron chi connectivity index (χ4n) is 8.32. The molecule has 0 saturated carbocycles. The highest BCUT2D eigenvalue weighted by molar-refractivity contribution is 6.05. The van der Waals surface area contributed by atoms with Crippen molar-refractivity contribution in [1.29, 1.82) is 0 Å². The van der Waals surface area contributed by atoms with Crippen LogP contribution in [0.2, 0.25) is 0 Å². The second-order valence-electron chi connectivity index (χ2n) is 14.0. The molecule has 5 bridgehead atoms. The Labute approximate surface area is 314 Å². The van der Waals surface area contributed by atoms with E-state index in [4.69, 9.17) is 18.9 Å². The van der Waals surface area contributed by atoms with Crippen LogP contribution in [0, 0.1) is 11.8 Å². The summed E-state index contributed by atoms with van der Waals surface area (Å²) in [5.74, 6) is -3.56. The number of ether oxygens (including phenoxy) is 4. The SMILES string of the molecule is COC[C@@H]1NC(=O)CC/C=C\CN(c2ccc(OC)cc2)C(=O)[C@H]2N([C@@H](CO)Cc3ccccc3)C(=O)[C@@H]3[C@@H](C(=O)O[C@H]1c1ccccc1)[C@H]1C=C[C@]32O1. The Hall–Kier alpha value is -5.30. The van der Waals surface area contributed by atoms with Crippen molar-refractivity contribution in [2.45, 2.75) is 55.2 Å². The van der Waals surface area contributed by atoms with E-state index < -0.39 is 72.2 Å². The predicted molar refractivity (Wildman–Crippen MR) is 198 cm³/mol. The maximum absolute atomic E-state index is 15.3. The third kappa shape index (κ3) is 6.92. The first-order valence-corrected chi connectivity index (χ1v) is 18.3. The fraction of sp³-hybridized carbons (Fsp3) is 0.381. The number of rotatable bonds is 9. The van der Waals surface area contributed by atoms with Crippen molar-refractivity contribution in [2.24, 2.45) is 11.8 Å². The molecule has 4 heterocycles. The number of fused-ring (bicyclic) bond motifs is 2. The molecule has 4 aliphatic rings. The molecular weight excluding hydrogens is 690 g/mol. The smallest absolute Gasteiger partial charge is 0.313 e. The highest BCUT2D eigenvalue weighted by atomic mass is 16.6. The third-order valence-corrected chi connectivity index (χ3v) is 10.8. The number of aliphatic hydroxyl groups is 1. The van der Waals surface area contributed by atoms with Crippen molar-refractivity contribution < 1.29 is 43.2 Å². The Kier molecular flexibility index (Phi) is 11.0. The van der Waals surface area contributed by atoms with E-state index in [1.165, 1.54) is 12.0 Å². The molecule has 3 amide bonds. The van der Waals surface area contributed by atoms with Crippen LogP contribution in [0.15, 0.2) is 109 Å². The van der Waals surface area contributed by atoms with Crippen LogP contribution in [0.25, 0.3) is 0 Å². The van der Waals surface area contributed by atoms with Gasteiger partial charge in [-0.25, -0.2) is 0 Å². The standard InChI is InChI=1S/C42H45N3O9/c1-51-26-32-37(28-14-8-4-9-15-28)53-41(50)35-33-21-22-42(54-33)36(35)39(48)45(30(25-46)24-27-12-6-3-7-13-27)38(42)40(49)44(23-11-5-10-16-34(47)43-32)29-17-19-31(52-2)20-18-29/h3-9,11-15,17-22,30,32-33,35-38,46H,10,16,23-26H2,1-2H3,(H,43,47)/b11-5-/t30-,32+,33-,35+,36+,37+,38-,42+/m1/s1. The van der Waals surface area contributed by atoms with Crippen LogP contribution in [0.5, 0.6) is 5.75 Å². The van der Waals surface area contributed by atoms with Gasteiger partial charge >= 0.3 is 5.97 Å². The number of amides is 3. The lowest BCUT2D eigenvalue weighted by molar-refractivity contribution is -0.162. The fourth-order valence-corrected chi connectivity index (χ4v) is 8.32. The molecule has 2 fully saturated rings. The van der Waals surface area contributed by atoms with E-state index in [2.05, 4.69) is 5.32 Å². The number of aliphatic hydroxyl groups excluding tert-OH is 1. The maximum Gasteiger partial charge on any atom is 0.313 e. The number of hydrogen-bond donors (Lipinski definition) is 2. The van der Waals surface area contributed by atoms with Gasteiger partial charge in [0.2, 0.25) is 11.8 Å². The summed E-state index contributed by atoms with van der Waals surface area (Å²) in [6.07, 6.45) is 6.05. The van der Waals surface area contributed by atoms with Gasteiger partial charge < -0.3 is 39.2 Å². The van der Waals surface area contributed by atoms with Crippen LogP contribution in [-0.2, 0) is 39.8 Å². The highest BCUT2D eigenvalue weighted by Crippen LogP contribution is 2.56. The minimum absolute atomic E-state index is 0.0457. The Morgan fingerprint density at radius 2 is 1.65 bits per heavy atom. The number of nitrogens with one attached hydrogen (secondary N) is 1. The van der Waals surface area contributed by atoms with Crippen molar-refractivity contribution in [3.63, 3.8) is 0 Å². The summed E-state index contributed by atoms with van der Waals surface area (Å²) in [5, 5.41) is 13.9. The monoisotopic (exact) mass is 735 g/mol. The molecule has 0 aromatic heterocycles. The molecule has 12 nitrogen and oxygen atoms in total. The van der Waals surface area contributed by atoms with Gasteiger partial charge in [-0.05, 0) is 48.2 Å². The minimum Gasteiger partial charge on any atom is -0.497 e. The van der Waals surface area contributed by atoms with Gasteiger partial charge in [0.25, 0.3) is 5.91 Å². The second-order valence-corrected chi connectivity index (χ2v) is 14.0. The minimum atomic E-state index is -1.53. The molecule has 0 radical (unpaired) electrons. The molecule has 2 saturated heterocycles. The van der Waals surface area contributed by atoms with Crippen molar-refractivity contribution in [3.05, 3.63) is 120 Å². The molecule has 12 heteroatoms. The molecular formula is C42H45N3O9. The topological polar surface area (TPSA) is 144 Å². The molecule has 7 rings (SSSR count). The Bertz CT molecular complexity index is 1890. The number of nitrogens with zero attached hydrogens (tertiary/aromatic N) is 2. The van der Waals surface area contributed by atoms with Gasteiger partial charge in [-0.2, -0.15) is 0 Å². The number of likely N-dealkylation sites (tertiary alicyclic amines) is 1. The van der Waals surface area contributed by atoms with E-state index in [1.54, 1.807) is 60.6 Å². The molecule has 0 unspecified atom stereocenters. The largest absolute Gasteiger partial charge is 0.497 e. The maximum atomic E-state index is 15.3. The zero-order valence-corrected chi connectivity index (χ0v) is 30.3. The number of methoxy groups -OCH3 is 2. The van der Waals surface area contributed by atoms with E-state index in [-0.39, 0.29) is 31.9 Å². The van der Waals surface area contributed by atoms with Gasteiger partial charge in [0, 0.05) is 25.8 Å². The molecule has 1 spiro atoms. The highest BCUT2D eigenvalue weighted by Gasteiger charge is 2.74. The lowest BCUT2D eigenvalue weighted by Crippen LogP contribution is -2.59. The van der Waals surface area contributed by atoms with Gasteiger partial charge in [-0.15, -0.1) is 0 Å². The van der Waals surface area contributed by atoms with Crippen LogP contribution >= 0.6 is 0 Å². The van der Waals surface area contributed by atoms with Crippen LogP contribution in [0.1, 0.15) is 30.1 Å². The number of esters is 1. The predicted octanol–water partition coefficient (Wildman–Crippen LogP) is 3.55. The zero-order valence-electron chi connectivity index (χ0n) is 30.3. The molecule has 54 heavy (non-hydrogen) atoms. The number of cyclic esters (lactones) is 1. The summed E-state index contributed by atoms with van der Waals surface area (Å²) >= 11 is 0. The summed E-state index contributed by atoms with van der Waals surface area (Å²) in [4.78, 5) is 61.2. The quantitative estimate of drug-likeness (QED) is 0.249. The number of benzene rings is 3. The van der Waals surface area contributed by atoms with Gasteiger partial charge in [-0.3, -0.25) is 19.2 Å². The van der Waals surface area contributed by atoms with Crippen LogP contribution in [-0.4, -0.2) is 97.5 Å². The molecule has 3 aromatic rings. The Morgan fingerprint density at radius 3 is 2.33 bits per heavy atom. The first-order chi connectivity index (χ1) is 26.3. The summed E-state index contributed by atoms with van der Waals surface area (Å²) in [6, 6.07) is 22.7. The van der Waals surface area contributed by atoms with Crippen LogP contribution in [0.4, 0.5) is 5.69 Å². The summed E-state index contributed by atoms with van der Waals surface area (Å²) in [6.45, 7) is -0.286. The molecule has 282 valence electrons. The molecule has 4 aliphatic heterocycles. The average molecular weight is 736 g/mol. The first-order valence-electron chi connectivity index (χ1n) is 18.3. The van der Waals surface area contributed by atoms with E-state index in [0.29, 0.717) is 23.4 Å². The summed E-state index contributed by atoms with van der Waals surface area (Å²) in [7, 11) is 3.06. The van der Waals surface area contributed by atoms with Gasteiger partial charge in [0.05, 0.1) is 44.4 Å². The number of allylic oxidation sites excluding steroid dienone is 1. The van der Waals surface area contributed by atoms with Gasteiger partial charge in [-0.1, -0.05) is 85.0 Å². The van der Waals surface area contributed by atoms with Crippen molar-refractivity contribution >= 4 is 29.4 Å². The lowest BCUT2D eigenvalue weighted by atomic mass is 9.74. The van der Waals surface area contributed by atoms with Crippen molar-refractivity contribution in [3.8, 4) is 5.75 Å². The molecule has 2 N–H and O–H groups in total. The summed E-state index contributed by atoms with van der Waals surface area (Å²) in [5.41, 5.74) is 0.504. The molecule has 0 aliphatic carbocycles. The number of carbonyl (C=O) groups is 4. The number of anilines is 1. The van der Waals surface area contributed by atoms with Crippen LogP contribution < -0.4 is 15.0 Å². The molecule has 3 aromatic carbocycles. The van der Waals surface area contributed by atoms with E-state index in [0.717, 1.165) is 5.56 Å². The third-order valence-electron chi connectivity index (χ3n) is 10.8. The van der Waals surface area contributed by atoms with Crippen LogP contribution in [0.3, 0.4) is 0 Å². The summed E-state index contributed by atoms with van der Waals surface area (Å²) < 4.78 is 23.9. The lowest BCUT2D eigenvalue weighted by Gasteiger charge is -2.39. The van der Waals surface area contributed by atoms with Gasteiger partial charge in [0.15, 0.2) is 0 Å². The Morgan fingerprint density at radius 1 is 0.926 bits per heavy atom. The van der Waals surface area contributed by atoms with E-state index >= 15 is 9.59 Å². The normalized spacial score (nSPS) is 29.5. The molecule has 8 atom stereocenters.